The van der Waals surface area contributed by atoms with Crippen LogP contribution in [-0.4, -0.2) is 47.1 Å². The molecule has 0 radical (unpaired) electrons. The fourth-order valence-corrected chi connectivity index (χ4v) is 3.82. The molecule has 1 aliphatic heterocycles. The minimum atomic E-state index is -1.17. The van der Waals surface area contributed by atoms with Crippen LogP contribution in [0.15, 0.2) is 66.7 Å². The molecular formula is C26H25F2N3O4. The van der Waals surface area contributed by atoms with Crippen molar-refractivity contribution in [2.75, 3.05) is 25.4 Å². The van der Waals surface area contributed by atoms with E-state index in [-0.39, 0.29) is 36.6 Å². The number of hydrogen-bond acceptors (Lipinski definition) is 5. The van der Waals surface area contributed by atoms with Crippen LogP contribution >= 0.6 is 0 Å². The minimum Gasteiger partial charge on any atom is -0.455 e. The van der Waals surface area contributed by atoms with Crippen molar-refractivity contribution in [2.24, 2.45) is 0 Å². The van der Waals surface area contributed by atoms with Crippen LogP contribution in [0.2, 0.25) is 0 Å². The summed E-state index contributed by atoms with van der Waals surface area (Å²) in [6, 6.07) is 15.3. The minimum absolute atomic E-state index is 0.00292. The first-order valence-corrected chi connectivity index (χ1v) is 11.1. The summed E-state index contributed by atoms with van der Waals surface area (Å²) in [4.78, 5) is 26.9. The van der Waals surface area contributed by atoms with E-state index >= 15 is 0 Å². The summed E-state index contributed by atoms with van der Waals surface area (Å²) in [5, 5.41) is 13.6. The van der Waals surface area contributed by atoms with Gasteiger partial charge in [-0.15, -0.1) is 0 Å². The summed E-state index contributed by atoms with van der Waals surface area (Å²) >= 11 is 0. The molecule has 7 nitrogen and oxygen atoms in total. The number of amides is 2. The number of ether oxygens (including phenoxy) is 1. The monoisotopic (exact) mass is 481 g/mol. The highest BCUT2D eigenvalue weighted by Crippen LogP contribution is 2.29. The third kappa shape index (κ3) is 5.93. The molecule has 2 amide bonds. The number of piperidine rings is 1. The van der Waals surface area contributed by atoms with Crippen LogP contribution in [0.3, 0.4) is 0 Å². The molecule has 182 valence electrons. The van der Waals surface area contributed by atoms with Crippen LogP contribution in [-0.2, 0) is 0 Å². The molecule has 1 heterocycles. The Labute approximate surface area is 201 Å². The van der Waals surface area contributed by atoms with E-state index in [1.54, 1.807) is 4.90 Å². The number of anilines is 1. The highest BCUT2D eigenvalue weighted by molar-refractivity contribution is 5.95. The fraction of sp³-hybridized carbons (Fsp3) is 0.231. The van der Waals surface area contributed by atoms with Gasteiger partial charge in [-0.3, -0.25) is 9.59 Å². The Balaban J connectivity index is 1.33. The molecule has 35 heavy (non-hydrogen) atoms. The van der Waals surface area contributed by atoms with Gasteiger partial charge < -0.3 is 25.8 Å². The Bertz CT molecular complexity index is 1210. The number of nitrogen functional groups attached to an aromatic ring is 1. The molecule has 4 rings (SSSR count). The number of carbonyl (C=O) groups is 2. The number of nitrogens with one attached hydrogen (secondary N) is 1. The fourth-order valence-electron chi connectivity index (χ4n) is 3.82. The number of likely N-dealkylation sites (tertiary alicyclic amines) is 1. The van der Waals surface area contributed by atoms with Crippen LogP contribution in [0.25, 0.3) is 0 Å². The van der Waals surface area contributed by atoms with Crippen molar-refractivity contribution in [3.63, 3.8) is 0 Å². The zero-order valence-corrected chi connectivity index (χ0v) is 18.8. The second-order valence-corrected chi connectivity index (χ2v) is 8.51. The maximum absolute atomic E-state index is 13.1. The van der Waals surface area contributed by atoms with Crippen molar-refractivity contribution < 1.29 is 28.2 Å². The van der Waals surface area contributed by atoms with Gasteiger partial charge in [0.1, 0.15) is 17.4 Å². The van der Waals surface area contributed by atoms with Gasteiger partial charge in [-0.25, -0.2) is 8.78 Å². The van der Waals surface area contributed by atoms with E-state index in [4.69, 9.17) is 10.5 Å². The van der Waals surface area contributed by atoms with Crippen molar-refractivity contribution in [1.82, 2.24) is 10.2 Å². The van der Waals surface area contributed by atoms with E-state index in [0.717, 1.165) is 0 Å². The van der Waals surface area contributed by atoms with Gasteiger partial charge in [-0.05, 0) is 79.6 Å². The number of nitrogens with two attached hydrogens (primary N) is 1. The highest BCUT2D eigenvalue weighted by Gasteiger charge is 2.34. The van der Waals surface area contributed by atoms with E-state index in [1.807, 2.05) is 0 Å². The number of hydrogen-bond donors (Lipinski definition) is 3. The van der Waals surface area contributed by atoms with Crippen molar-refractivity contribution in [2.45, 2.75) is 18.4 Å². The molecule has 0 bridgehead atoms. The Kier molecular flexibility index (Phi) is 6.97. The van der Waals surface area contributed by atoms with Crippen molar-refractivity contribution in [3.05, 3.63) is 89.5 Å². The zero-order chi connectivity index (χ0) is 25.0. The Morgan fingerprint density at radius 3 is 2.14 bits per heavy atom. The van der Waals surface area contributed by atoms with Crippen LogP contribution in [0.1, 0.15) is 33.6 Å². The standard InChI is InChI=1S/C26H25F2N3O4/c27-19-4-1-17(2-5-19)25(33)31-13-11-26(34,12-14-31)16-30-24(32)18-3-10-22(29)23(15-18)35-21-8-6-20(28)7-9-21/h1-10,15,34H,11-14,16,29H2,(H,30,32). The molecule has 0 unspecified atom stereocenters. The van der Waals surface area contributed by atoms with Gasteiger partial charge >= 0.3 is 0 Å². The summed E-state index contributed by atoms with van der Waals surface area (Å²) in [7, 11) is 0. The van der Waals surface area contributed by atoms with Crippen molar-refractivity contribution in [3.8, 4) is 11.5 Å². The van der Waals surface area contributed by atoms with E-state index < -0.39 is 23.1 Å². The average molecular weight is 481 g/mol. The maximum atomic E-state index is 13.1. The first kappa shape index (κ1) is 24.2. The van der Waals surface area contributed by atoms with Gasteiger partial charge in [0.05, 0.1) is 11.3 Å². The summed E-state index contributed by atoms with van der Waals surface area (Å²) in [6.45, 7) is 0.614. The molecule has 0 saturated carbocycles. The molecule has 0 atom stereocenters. The molecule has 3 aromatic rings. The number of benzene rings is 3. The summed E-state index contributed by atoms with van der Waals surface area (Å²) in [5.74, 6) is -0.857. The number of nitrogens with zero attached hydrogens (tertiary/aromatic N) is 1. The molecule has 1 fully saturated rings. The number of halogens is 2. The van der Waals surface area contributed by atoms with E-state index in [0.29, 0.717) is 30.1 Å². The largest absolute Gasteiger partial charge is 0.455 e. The van der Waals surface area contributed by atoms with E-state index in [2.05, 4.69) is 5.32 Å². The maximum Gasteiger partial charge on any atom is 0.253 e. The van der Waals surface area contributed by atoms with Gasteiger partial charge in [0.15, 0.2) is 5.75 Å². The molecule has 0 aliphatic carbocycles. The lowest BCUT2D eigenvalue weighted by Gasteiger charge is -2.38. The van der Waals surface area contributed by atoms with Crippen molar-refractivity contribution in [1.29, 1.82) is 0 Å². The number of aliphatic hydroxyl groups is 1. The lowest BCUT2D eigenvalue weighted by atomic mass is 9.91. The Morgan fingerprint density at radius 1 is 0.943 bits per heavy atom. The quantitative estimate of drug-likeness (QED) is 0.466. The topological polar surface area (TPSA) is 105 Å². The van der Waals surface area contributed by atoms with Crippen LogP contribution in [0, 0.1) is 11.6 Å². The lowest BCUT2D eigenvalue weighted by molar-refractivity contribution is -0.0149. The zero-order valence-electron chi connectivity index (χ0n) is 18.8. The molecular weight excluding hydrogens is 456 g/mol. The molecule has 0 aromatic heterocycles. The molecule has 1 aliphatic rings. The average Bonchev–Trinajstić information content (AvgIpc) is 2.86. The number of carbonyl (C=O) groups excluding carboxylic acids is 2. The molecule has 9 heteroatoms. The Morgan fingerprint density at radius 2 is 1.51 bits per heavy atom. The smallest absolute Gasteiger partial charge is 0.253 e. The second-order valence-electron chi connectivity index (χ2n) is 8.51. The highest BCUT2D eigenvalue weighted by atomic mass is 19.1. The normalized spacial score (nSPS) is 14.9. The predicted molar refractivity (Wildman–Crippen MR) is 126 cm³/mol. The van der Waals surface area contributed by atoms with Gasteiger partial charge in [0.2, 0.25) is 0 Å². The van der Waals surface area contributed by atoms with Gasteiger partial charge in [0.25, 0.3) is 11.8 Å². The van der Waals surface area contributed by atoms with Crippen molar-refractivity contribution >= 4 is 17.5 Å². The summed E-state index contributed by atoms with van der Waals surface area (Å²) < 4.78 is 31.9. The van der Waals surface area contributed by atoms with E-state index in [1.165, 1.54) is 66.7 Å². The third-order valence-electron chi connectivity index (χ3n) is 5.97. The van der Waals surface area contributed by atoms with Gasteiger partial charge in [-0.2, -0.15) is 0 Å². The molecule has 0 spiro atoms. The van der Waals surface area contributed by atoms with Gasteiger partial charge in [-0.1, -0.05) is 0 Å². The molecule has 1 saturated heterocycles. The van der Waals surface area contributed by atoms with Gasteiger partial charge in [0, 0.05) is 30.8 Å². The number of rotatable bonds is 6. The lowest BCUT2D eigenvalue weighted by Crippen LogP contribution is -2.52. The predicted octanol–water partition coefficient (Wildman–Crippen LogP) is 3.74. The first-order valence-electron chi connectivity index (χ1n) is 11.1. The first-order chi connectivity index (χ1) is 16.7. The SMILES string of the molecule is Nc1ccc(C(=O)NCC2(O)CCN(C(=O)c3ccc(F)cc3)CC2)cc1Oc1ccc(F)cc1. The summed E-state index contributed by atoms with van der Waals surface area (Å²) in [6.07, 6.45) is 0.557. The van der Waals surface area contributed by atoms with Crippen LogP contribution in [0.5, 0.6) is 11.5 Å². The second kappa shape index (κ2) is 10.1. The van der Waals surface area contributed by atoms with E-state index in [9.17, 15) is 23.5 Å². The summed E-state index contributed by atoms with van der Waals surface area (Å²) in [5.41, 5.74) is 5.75. The van der Waals surface area contributed by atoms with Crippen LogP contribution in [0.4, 0.5) is 14.5 Å². The third-order valence-corrected chi connectivity index (χ3v) is 5.97. The molecule has 4 N–H and O–H groups in total. The Hall–Kier alpha value is -3.98. The van der Waals surface area contributed by atoms with Crippen LogP contribution < -0.4 is 15.8 Å². The molecule has 3 aromatic carbocycles.